The van der Waals surface area contributed by atoms with Crippen LogP contribution in [0.2, 0.25) is 0 Å². The molecule has 0 saturated carbocycles. The second-order valence-corrected chi connectivity index (χ2v) is 4.28. The van der Waals surface area contributed by atoms with Gasteiger partial charge in [-0.25, -0.2) is 0 Å². The summed E-state index contributed by atoms with van der Waals surface area (Å²) in [4.78, 5) is 0. The van der Waals surface area contributed by atoms with Gasteiger partial charge < -0.3 is 10.3 Å². The second-order valence-electron chi connectivity index (χ2n) is 4.28. The van der Waals surface area contributed by atoms with Gasteiger partial charge in [-0.2, -0.15) is 0 Å². The van der Waals surface area contributed by atoms with Crippen molar-refractivity contribution in [2.75, 3.05) is 0 Å². The fourth-order valence-corrected chi connectivity index (χ4v) is 2.35. The minimum atomic E-state index is -0.272. The van der Waals surface area contributed by atoms with Crippen LogP contribution in [0.5, 0.6) is 0 Å². The number of hydrogen-bond donors (Lipinski definition) is 1. The highest BCUT2D eigenvalue weighted by Gasteiger charge is 2.38. The maximum atomic E-state index is 12.0. The van der Waals surface area contributed by atoms with E-state index in [0.717, 1.165) is 12.8 Å². The van der Waals surface area contributed by atoms with E-state index in [9.17, 15) is 5.21 Å². The molecule has 0 saturated heterocycles. The van der Waals surface area contributed by atoms with Crippen molar-refractivity contribution in [1.29, 1.82) is 0 Å². The third kappa shape index (κ3) is 1.60. The highest BCUT2D eigenvalue weighted by atomic mass is 16.5. The lowest BCUT2D eigenvalue weighted by Gasteiger charge is -2.37. The highest BCUT2D eigenvalue weighted by molar-refractivity contribution is 5.29. The number of rotatable bonds is 2. The van der Waals surface area contributed by atoms with Crippen LogP contribution in [0.3, 0.4) is 0 Å². The Bertz CT molecular complexity index is 386. The Labute approximate surface area is 90.8 Å². The van der Waals surface area contributed by atoms with Gasteiger partial charge >= 0.3 is 0 Å². The summed E-state index contributed by atoms with van der Waals surface area (Å²) in [6, 6.07) is 8.31. The molecular weight excluding hydrogens is 186 g/mol. The van der Waals surface area contributed by atoms with Gasteiger partial charge in [0.15, 0.2) is 0 Å². The smallest absolute Gasteiger partial charge is 0.130 e. The van der Waals surface area contributed by atoms with Crippen LogP contribution in [0.25, 0.3) is 0 Å². The Morgan fingerprint density at radius 1 is 1.47 bits per heavy atom. The molecule has 0 spiro atoms. The topological polar surface area (TPSA) is 27.5 Å². The first kappa shape index (κ1) is 10.4. The van der Waals surface area contributed by atoms with Crippen LogP contribution < -0.4 is 5.06 Å². The number of benzene rings is 1. The Morgan fingerprint density at radius 2 is 2.27 bits per heavy atom. The van der Waals surface area contributed by atoms with Gasteiger partial charge in [0.1, 0.15) is 5.54 Å². The van der Waals surface area contributed by atoms with Gasteiger partial charge in [0.25, 0.3) is 0 Å². The predicted molar refractivity (Wildman–Crippen MR) is 61.2 cm³/mol. The van der Waals surface area contributed by atoms with Gasteiger partial charge in [-0.05, 0) is 19.1 Å². The minimum absolute atomic E-state index is 0.260. The molecule has 2 nitrogen and oxygen atoms in total. The van der Waals surface area contributed by atoms with Crippen molar-refractivity contribution in [2.45, 2.75) is 32.2 Å². The molecule has 2 atom stereocenters. The van der Waals surface area contributed by atoms with E-state index in [0.29, 0.717) is 0 Å². The lowest BCUT2D eigenvalue weighted by molar-refractivity contribution is -0.856. The lowest BCUT2D eigenvalue weighted by atomic mass is 9.85. The Balaban J connectivity index is 2.43. The van der Waals surface area contributed by atoms with E-state index in [1.165, 1.54) is 11.1 Å². The van der Waals surface area contributed by atoms with Crippen LogP contribution in [-0.2, 0) is 5.54 Å². The number of hydrogen-bond acceptors (Lipinski definition) is 1. The van der Waals surface area contributed by atoms with Gasteiger partial charge in [0, 0.05) is 18.4 Å². The maximum Gasteiger partial charge on any atom is 0.130 e. The first-order valence-electron chi connectivity index (χ1n) is 5.47. The summed E-state index contributed by atoms with van der Waals surface area (Å²) in [5, 5.41) is 12.2. The van der Waals surface area contributed by atoms with Crippen LogP contribution in [0.1, 0.15) is 30.9 Å². The molecule has 1 heterocycles. The zero-order valence-electron chi connectivity index (χ0n) is 9.29. The maximum absolute atomic E-state index is 12.0. The molecule has 0 aliphatic carbocycles. The Hall–Kier alpha value is -1.12. The lowest BCUT2D eigenvalue weighted by Crippen LogP contribution is -3.09. The van der Waals surface area contributed by atoms with E-state index in [1.54, 1.807) is 6.20 Å². The molecule has 0 radical (unpaired) electrons. The van der Waals surface area contributed by atoms with Crippen molar-refractivity contribution < 1.29 is 5.06 Å². The van der Waals surface area contributed by atoms with E-state index in [4.69, 9.17) is 0 Å². The van der Waals surface area contributed by atoms with Crippen LogP contribution in [0.15, 0.2) is 36.5 Å². The average Bonchev–Trinajstić information content (AvgIpc) is 2.61. The predicted octanol–water partition coefficient (Wildman–Crippen LogP) is 1.90. The normalized spacial score (nSPS) is 29.7. The van der Waals surface area contributed by atoms with Gasteiger partial charge in [-0.3, -0.25) is 0 Å². The molecule has 1 aromatic rings. The molecule has 0 aromatic heterocycles. The molecule has 1 N–H and O–H groups in total. The van der Waals surface area contributed by atoms with Gasteiger partial charge in [-0.1, -0.05) is 30.7 Å². The van der Waals surface area contributed by atoms with E-state index < -0.39 is 0 Å². The van der Waals surface area contributed by atoms with Crippen LogP contribution in [0, 0.1) is 12.1 Å². The summed E-state index contributed by atoms with van der Waals surface area (Å²) >= 11 is 0. The molecule has 0 bridgehead atoms. The number of quaternary nitrogens is 1. The largest absolute Gasteiger partial charge is 0.629 e. The summed E-state index contributed by atoms with van der Waals surface area (Å²) in [6.45, 7) is 4.16. The third-order valence-corrected chi connectivity index (χ3v) is 3.38. The third-order valence-electron chi connectivity index (χ3n) is 3.38. The van der Waals surface area contributed by atoms with Crippen molar-refractivity contribution in [3.05, 3.63) is 52.9 Å². The van der Waals surface area contributed by atoms with Crippen LogP contribution in [0.4, 0.5) is 0 Å². The molecule has 0 amide bonds. The number of aryl methyl sites for hydroxylation is 1. The first-order valence-corrected chi connectivity index (χ1v) is 5.47. The van der Waals surface area contributed by atoms with Crippen LogP contribution in [-0.4, -0.2) is 0 Å². The quantitative estimate of drug-likeness (QED) is 0.730. The molecule has 80 valence electrons. The van der Waals surface area contributed by atoms with Crippen molar-refractivity contribution in [3.63, 3.8) is 0 Å². The summed E-state index contributed by atoms with van der Waals surface area (Å²) in [5.74, 6) is 0. The number of nitrogens with one attached hydrogen (secondary N) is 1. The van der Waals surface area contributed by atoms with E-state index in [2.05, 4.69) is 32.0 Å². The monoisotopic (exact) mass is 203 g/mol. The van der Waals surface area contributed by atoms with E-state index >= 15 is 0 Å². The Kier molecular flexibility index (Phi) is 2.63. The zero-order valence-corrected chi connectivity index (χ0v) is 9.29. The molecule has 1 aromatic carbocycles. The summed E-state index contributed by atoms with van der Waals surface area (Å²) in [6.07, 6.45) is 5.45. The van der Waals surface area contributed by atoms with E-state index in [-0.39, 0.29) is 10.6 Å². The van der Waals surface area contributed by atoms with Crippen molar-refractivity contribution in [1.82, 2.24) is 0 Å². The summed E-state index contributed by atoms with van der Waals surface area (Å²) in [7, 11) is 0. The van der Waals surface area contributed by atoms with Crippen molar-refractivity contribution in [2.24, 2.45) is 0 Å². The first-order chi connectivity index (χ1) is 7.19. The molecule has 2 unspecified atom stereocenters. The second kappa shape index (κ2) is 3.80. The highest BCUT2D eigenvalue weighted by Crippen LogP contribution is 2.29. The van der Waals surface area contributed by atoms with Gasteiger partial charge in [-0.15, -0.1) is 0 Å². The van der Waals surface area contributed by atoms with E-state index in [1.807, 2.05) is 12.1 Å². The summed E-state index contributed by atoms with van der Waals surface area (Å²) < 4.78 is 0. The van der Waals surface area contributed by atoms with Gasteiger partial charge in [0.05, 0.1) is 6.20 Å². The Morgan fingerprint density at radius 3 is 2.80 bits per heavy atom. The SMILES string of the molecule is CCC1(c2cccc(C)c2)CC=C[NH+]1[O-]. The fourth-order valence-electron chi connectivity index (χ4n) is 2.35. The summed E-state index contributed by atoms with van der Waals surface area (Å²) in [5.41, 5.74) is 2.12. The van der Waals surface area contributed by atoms with Crippen molar-refractivity contribution in [3.8, 4) is 0 Å². The molecular formula is C13H17NO. The standard InChI is InChI=1S/C13H17NO/c1-3-13(8-5-9-14(13)15)12-7-4-6-11(2)10-12/h4-7,9-10,14H,3,8H2,1-2H3. The molecule has 1 aliphatic heterocycles. The molecule has 2 heteroatoms. The molecule has 0 fully saturated rings. The zero-order chi connectivity index (χ0) is 10.9. The van der Waals surface area contributed by atoms with Gasteiger partial charge in [0.2, 0.25) is 0 Å². The average molecular weight is 203 g/mol. The molecule has 1 aliphatic rings. The minimum Gasteiger partial charge on any atom is -0.629 e. The van der Waals surface area contributed by atoms with Crippen LogP contribution >= 0.6 is 0 Å². The molecule has 15 heavy (non-hydrogen) atoms. The molecule has 2 rings (SSSR count). The number of hydroxylamine groups is 2. The fraction of sp³-hybridized carbons (Fsp3) is 0.385. The van der Waals surface area contributed by atoms with Crippen molar-refractivity contribution >= 4 is 0 Å².